The van der Waals surface area contributed by atoms with E-state index in [2.05, 4.69) is 42.5 Å². The van der Waals surface area contributed by atoms with Crippen molar-refractivity contribution in [3.63, 3.8) is 0 Å². The number of para-hydroxylation sites is 1. The summed E-state index contributed by atoms with van der Waals surface area (Å²) < 4.78 is 5.88. The minimum Gasteiger partial charge on any atom is -0.459 e. The number of rotatable bonds is 4. The highest BCUT2D eigenvalue weighted by molar-refractivity contribution is 5.83. The molecule has 1 aromatic carbocycles. The van der Waals surface area contributed by atoms with E-state index in [1.165, 1.54) is 10.9 Å². The quantitative estimate of drug-likeness (QED) is 0.664. The molecule has 108 valence electrons. The third kappa shape index (κ3) is 3.13. The first-order valence-corrected chi connectivity index (χ1v) is 7.09. The van der Waals surface area contributed by atoms with Crippen LogP contribution in [-0.4, -0.2) is 19.0 Å². The zero-order valence-corrected chi connectivity index (χ0v) is 12.7. The second-order valence-electron chi connectivity index (χ2n) is 5.03. The van der Waals surface area contributed by atoms with Gasteiger partial charge in [0.2, 0.25) is 0 Å². The van der Waals surface area contributed by atoms with Gasteiger partial charge in [0.25, 0.3) is 0 Å². The summed E-state index contributed by atoms with van der Waals surface area (Å²) in [4.78, 5) is 4.23. The Morgan fingerprint density at radius 3 is 2.75 bits per heavy atom. The molecule has 1 atom stereocenters. The largest absolute Gasteiger partial charge is 0.459 e. The number of fused-ring (bicyclic) bond motifs is 1. The Kier molecular flexibility index (Phi) is 4.66. The van der Waals surface area contributed by atoms with Crippen molar-refractivity contribution in [2.45, 2.75) is 39.8 Å². The van der Waals surface area contributed by atoms with Crippen molar-refractivity contribution in [2.24, 2.45) is 4.99 Å². The summed E-state index contributed by atoms with van der Waals surface area (Å²) in [6.45, 7) is 7.01. The molecular weight excluding hydrogens is 250 g/mol. The highest BCUT2D eigenvalue weighted by Gasteiger charge is 2.10. The lowest BCUT2D eigenvalue weighted by Gasteiger charge is -2.15. The number of nitrogens with one attached hydrogen (secondary N) is 2. The van der Waals surface area contributed by atoms with Crippen molar-refractivity contribution >= 4 is 16.9 Å². The number of hydrogen-bond donors (Lipinski definition) is 2. The predicted molar refractivity (Wildman–Crippen MR) is 84.0 cm³/mol. The average molecular weight is 273 g/mol. The van der Waals surface area contributed by atoms with E-state index in [1.807, 2.05) is 18.2 Å². The van der Waals surface area contributed by atoms with Gasteiger partial charge in [0.1, 0.15) is 11.3 Å². The van der Waals surface area contributed by atoms with Crippen molar-refractivity contribution in [3.8, 4) is 0 Å². The highest BCUT2D eigenvalue weighted by atomic mass is 16.3. The van der Waals surface area contributed by atoms with E-state index in [1.54, 1.807) is 7.05 Å². The first kappa shape index (κ1) is 14.4. The smallest absolute Gasteiger partial charge is 0.191 e. The van der Waals surface area contributed by atoms with Crippen LogP contribution < -0.4 is 10.6 Å². The Hall–Kier alpha value is -1.97. The molecule has 2 N–H and O–H groups in total. The number of nitrogens with zero attached hydrogens (tertiary/aromatic N) is 1. The van der Waals surface area contributed by atoms with Crippen LogP contribution in [0.4, 0.5) is 0 Å². The number of furan rings is 1. The van der Waals surface area contributed by atoms with Crippen molar-refractivity contribution in [3.05, 3.63) is 35.6 Å². The molecule has 2 aromatic rings. The first-order valence-electron chi connectivity index (χ1n) is 7.09. The third-order valence-corrected chi connectivity index (χ3v) is 3.58. The molecule has 0 bridgehead atoms. The van der Waals surface area contributed by atoms with Gasteiger partial charge in [-0.05, 0) is 26.3 Å². The van der Waals surface area contributed by atoms with E-state index in [4.69, 9.17) is 4.42 Å². The molecular formula is C16H23N3O. The van der Waals surface area contributed by atoms with Crippen LogP contribution in [0.3, 0.4) is 0 Å². The average Bonchev–Trinajstić information content (AvgIpc) is 2.80. The van der Waals surface area contributed by atoms with E-state index >= 15 is 0 Å². The second kappa shape index (κ2) is 6.46. The van der Waals surface area contributed by atoms with Gasteiger partial charge in [-0.25, -0.2) is 0 Å². The second-order valence-corrected chi connectivity index (χ2v) is 5.03. The molecule has 4 heteroatoms. The molecule has 0 aliphatic carbocycles. The number of aryl methyl sites for hydroxylation is 1. The molecule has 0 amide bonds. The van der Waals surface area contributed by atoms with E-state index in [0.717, 1.165) is 23.7 Å². The molecule has 0 saturated carbocycles. The van der Waals surface area contributed by atoms with Gasteiger partial charge in [-0.1, -0.05) is 25.1 Å². The van der Waals surface area contributed by atoms with E-state index in [9.17, 15) is 0 Å². The molecule has 1 heterocycles. The van der Waals surface area contributed by atoms with E-state index in [0.29, 0.717) is 12.6 Å². The predicted octanol–water partition coefficient (Wildman–Crippen LogP) is 3.20. The molecule has 0 aliphatic rings. The number of benzene rings is 1. The van der Waals surface area contributed by atoms with Crippen molar-refractivity contribution in [2.75, 3.05) is 7.05 Å². The molecule has 20 heavy (non-hydrogen) atoms. The maximum absolute atomic E-state index is 5.88. The molecule has 0 fully saturated rings. The van der Waals surface area contributed by atoms with Gasteiger partial charge in [-0.2, -0.15) is 0 Å². The Balaban J connectivity index is 2.07. The fourth-order valence-electron chi connectivity index (χ4n) is 2.09. The van der Waals surface area contributed by atoms with Crippen LogP contribution in [0.2, 0.25) is 0 Å². The number of guanidine groups is 1. The summed E-state index contributed by atoms with van der Waals surface area (Å²) >= 11 is 0. The van der Waals surface area contributed by atoms with Crippen molar-refractivity contribution in [1.29, 1.82) is 0 Å². The maximum atomic E-state index is 5.88. The standard InChI is InChI=1S/C16H23N3O/c1-5-11(2)19-16(17-4)18-10-15-12(3)13-8-6-7-9-14(13)20-15/h6-9,11H,5,10H2,1-4H3,(H2,17,18,19). The van der Waals surface area contributed by atoms with E-state index in [-0.39, 0.29) is 0 Å². The summed E-state index contributed by atoms with van der Waals surface area (Å²) in [6.07, 6.45) is 1.06. The van der Waals surface area contributed by atoms with Crippen LogP contribution in [0.15, 0.2) is 33.7 Å². The topological polar surface area (TPSA) is 49.6 Å². The summed E-state index contributed by atoms with van der Waals surface area (Å²) in [5, 5.41) is 7.81. The van der Waals surface area contributed by atoms with Crippen molar-refractivity contribution in [1.82, 2.24) is 10.6 Å². The number of hydrogen-bond acceptors (Lipinski definition) is 2. The number of aliphatic imine (C=N–C) groups is 1. The normalized spacial score (nSPS) is 13.5. The molecule has 1 unspecified atom stereocenters. The minimum atomic E-state index is 0.401. The monoisotopic (exact) mass is 273 g/mol. The van der Waals surface area contributed by atoms with Crippen molar-refractivity contribution < 1.29 is 4.42 Å². The molecule has 1 aromatic heterocycles. The fourth-order valence-corrected chi connectivity index (χ4v) is 2.09. The van der Waals surface area contributed by atoms with Gasteiger partial charge < -0.3 is 15.1 Å². The lowest BCUT2D eigenvalue weighted by molar-refractivity contribution is 0.531. The van der Waals surface area contributed by atoms with Crippen LogP contribution >= 0.6 is 0 Å². The van der Waals surface area contributed by atoms with Crippen LogP contribution in [0.25, 0.3) is 11.0 Å². The first-order chi connectivity index (χ1) is 9.65. The molecule has 0 saturated heterocycles. The Morgan fingerprint density at radius 2 is 2.10 bits per heavy atom. The third-order valence-electron chi connectivity index (χ3n) is 3.58. The lowest BCUT2D eigenvalue weighted by Crippen LogP contribution is -2.41. The van der Waals surface area contributed by atoms with Gasteiger partial charge >= 0.3 is 0 Å². The highest BCUT2D eigenvalue weighted by Crippen LogP contribution is 2.24. The summed E-state index contributed by atoms with van der Waals surface area (Å²) in [6, 6.07) is 8.51. The molecule has 4 nitrogen and oxygen atoms in total. The van der Waals surface area contributed by atoms with Crippen LogP contribution in [-0.2, 0) is 6.54 Å². The zero-order chi connectivity index (χ0) is 14.5. The van der Waals surface area contributed by atoms with Gasteiger partial charge in [-0.15, -0.1) is 0 Å². The molecule has 0 spiro atoms. The van der Waals surface area contributed by atoms with Gasteiger partial charge in [0, 0.05) is 24.0 Å². The fraction of sp³-hybridized carbons (Fsp3) is 0.438. The van der Waals surface area contributed by atoms with Gasteiger partial charge in [-0.3, -0.25) is 4.99 Å². The van der Waals surface area contributed by atoms with Crippen LogP contribution in [0.5, 0.6) is 0 Å². The van der Waals surface area contributed by atoms with E-state index < -0.39 is 0 Å². The lowest BCUT2D eigenvalue weighted by atomic mass is 10.1. The summed E-state index contributed by atoms with van der Waals surface area (Å²) in [5.41, 5.74) is 2.12. The zero-order valence-electron chi connectivity index (χ0n) is 12.7. The SMILES string of the molecule is CCC(C)NC(=NC)NCc1oc2ccccc2c1C. The summed E-state index contributed by atoms with van der Waals surface area (Å²) in [7, 11) is 1.78. The Bertz CT molecular complexity index is 601. The van der Waals surface area contributed by atoms with Crippen LogP contribution in [0, 0.1) is 6.92 Å². The van der Waals surface area contributed by atoms with Gasteiger partial charge in [0.15, 0.2) is 5.96 Å². The molecule has 2 rings (SSSR count). The molecule has 0 radical (unpaired) electrons. The Labute approximate surface area is 120 Å². The summed E-state index contributed by atoms with van der Waals surface area (Å²) in [5.74, 6) is 1.76. The maximum Gasteiger partial charge on any atom is 0.191 e. The van der Waals surface area contributed by atoms with Gasteiger partial charge in [0.05, 0.1) is 6.54 Å². The van der Waals surface area contributed by atoms with Crippen LogP contribution in [0.1, 0.15) is 31.6 Å². The molecule has 0 aliphatic heterocycles. The minimum absolute atomic E-state index is 0.401. The Morgan fingerprint density at radius 1 is 1.35 bits per heavy atom.